The summed E-state index contributed by atoms with van der Waals surface area (Å²) < 4.78 is 37.3. The van der Waals surface area contributed by atoms with E-state index in [0.29, 0.717) is 0 Å². The molecule has 0 aromatic heterocycles. The molecule has 0 radical (unpaired) electrons. The van der Waals surface area contributed by atoms with Gasteiger partial charge < -0.3 is 4.90 Å². The first-order valence-corrected chi connectivity index (χ1v) is 4.72. The summed E-state index contributed by atoms with van der Waals surface area (Å²) in [5, 5.41) is 0.103. The highest BCUT2D eigenvalue weighted by Crippen LogP contribution is 2.34. The molecule has 1 aromatic rings. The number of anilines is 1. The van der Waals surface area contributed by atoms with Gasteiger partial charge in [-0.3, -0.25) is 4.79 Å². The molecule has 88 valence electrons. The van der Waals surface area contributed by atoms with E-state index < -0.39 is 11.7 Å². The van der Waals surface area contributed by atoms with Crippen LogP contribution in [0.3, 0.4) is 0 Å². The Kier molecular flexibility index (Phi) is 3.48. The van der Waals surface area contributed by atoms with Gasteiger partial charge in [-0.2, -0.15) is 13.2 Å². The number of amides is 1. The molecule has 0 saturated heterocycles. The van der Waals surface area contributed by atoms with Crippen LogP contribution in [-0.2, 0) is 11.0 Å². The number of carbonyl (C=O) groups is 1. The first-order valence-electron chi connectivity index (χ1n) is 4.34. The number of hydrogen-bond acceptors (Lipinski definition) is 1. The summed E-state index contributed by atoms with van der Waals surface area (Å²) in [4.78, 5) is 12.1. The van der Waals surface area contributed by atoms with E-state index in [1.807, 2.05) is 0 Å². The fourth-order valence-corrected chi connectivity index (χ4v) is 1.36. The number of alkyl halides is 3. The maximum absolute atomic E-state index is 12.4. The summed E-state index contributed by atoms with van der Waals surface area (Å²) in [6.07, 6.45) is -4.45. The van der Waals surface area contributed by atoms with Crippen molar-refractivity contribution < 1.29 is 18.0 Å². The lowest BCUT2D eigenvalue weighted by atomic mass is 10.2. The molecular weight excluding hydrogens is 243 g/mol. The molecule has 0 heterocycles. The zero-order valence-electron chi connectivity index (χ0n) is 8.60. The normalized spacial score (nSPS) is 11.4. The van der Waals surface area contributed by atoms with Crippen molar-refractivity contribution in [2.75, 3.05) is 11.9 Å². The van der Waals surface area contributed by atoms with Crippen LogP contribution in [0.2, 0.25) is 5.02 Å². The quantitative estimate of drug-likeness (QED) is 0.750. The molecule has 0 bridgehead atoms. The predicted molar refractivity (Wildman–Crippen MR) is 55.5 cm³/mol. The van der Waals surface area contributed by atoms with Gasteiger partial charge in [0.25, 0.3) is 0 Å². The van der Waals surface area contributed by atoms with Gasteiger partial charge >= 0.3 is 6.18 Å². The Balaban J connectivity index is 3.24. The predicted octanol–water partition coefficient (Wildman–Crippen LogP) is 3.34. The minimum Gasteiger partial charge on any atom is -0.314 e. The SMILES string of the molecule is CC(=O)N(C)c1cc(C(F)(F)F)ccc1Cl. The van der Waals surface area contributed by atoms with Gasteiger partial charge in [-0.25, -0.2) is 0 Å². The van der Waals surface area contributed by atoms with Crippen molar-refractivity contribution >= 4 is 23.2 Å². The number of rotatable bonds is 1. The Bertz CT molecular complexity index is 417. The third-order valence-corrected chi connectivity index (χ3v) is 2.43. The van der Waals surface area contributed by atoms with Crippen LogP contribution in [0.25, 0.3) is 0 Å². The van der Waals surface area contributed by atoms with Gasteiger partial charge in [0.2, 0.25) is 5.91 Å². The van der Waals surface area contributed by atoms with Crippen molar-refractivity contribution in [2.45, 2.75) is 13.1 Å². The van der Waals surface area contributed by atoms with E-state index in [1.54, 1.807) is 0 Å². The van der Waals surface area contributed by atoms with Crippen LogP contribution in [0.1, 0.15) is 12.5 Å². The molecule has 0 aliphatic heterocycles. The molecule has 0 saturated carbocycles. The van der Waals surface area contributed by atoms with E-state index in [2.05, 4.69) is 0 Å². The molecule has 1 amide bonds. The van der Waals surface area contributed by atoms with Crippen LogP contribution in [0.4, 0.5) is 18.9 Å². The van der Waals surface area contributed by atoms with Gasteiger partial charge in [-0.15, -0.1) is 0 Å². The van der Waals surface area contributed by atoms with Crippen LogP contribution < -0.4 is 4.90 Å². The lowest BCUT2D eigenvalue weighted by Gasteiger charge is -2.18. The maximum atomic E-state index is 12.4. The van der Waals surface area contributed by atoms with Crippen molar-refractivity contribution in [1.29, 1.82) is 0 Å². The molecule has 1 aromatic carbocycles. The first-order chi connectivity index (χ1) is 7.23. The first kappa shape index (κ1) is 12.8. The molecule has 0 spiro atoms. The van der Waals surface area contributed by atoms with Gasteiger partial charge in [0, 0.05) is 14.0 Å². The third kappa shape index (κ3) is 2.66. The minimum atomic E-state index is -4.45. The van der Waals surface area contributed by atoms with Gasteiger partial charge in [-0.05, 0) is 18.2 Å². The maximum Gasteiger partial charge on any atom is 0.416 e. The van der Waals surface area contributed by atoms with Crippen LogP contribution in [-0.4, -0.2) is 13.0 Å². The lowest BCUT2D eigenvalue weighted by molar-refractivity contribution is -0.137. The third-order valence-electron chi connectivity index (χ3n) is 2.11. The number of nitrogens with zero attached hydrogens (tertiary/aromatic N) is 1. The highest BCUT2D eigenvalue weighted by Gasteiger charge is 2.31. The zero-order valence-corrected chi connectivity index (χ0v) is 9.36. The lowest BCUT2D eigenvalue weighted by Crippen LogP contribution is -2.23. The molecule has 0 fully saturated rings. The highest BCUT2D eigenvalue weighted by atomic mass is 35.5. The molecule has 0 aliphatic rings. The largest absolute Gasteiger partial charge is 0.416 e. The number of halogens is 4. The second-order valence-electron chi connectivity index (χ2n) is 3.24. The fourth-order valence-electron chi connectivity index (χ4n) is 1.12. The number of carbonyl (C=O) groups excluding carboxylic acids is 1. The van der Waals surface area contributed by atoms with E-state index in [4.69, 9.17) is 11.6 Å². The number of hydrogen-bond donors (Lipinski definition) is 0. The molecule has 0 aliphatic carbocycles. The molecule has 6 heteroatoms. The van der Waals surface area contributed by atoms with Gasteiger partial charge in [0.05, 0.1) is 16.3 Å². The Hall–Kier alpha value is -1.23. The van der Waals surface area contributed by atoms with E-state index >= 15 is 0 Å². The Morgan fingerprint density at radius 2 is 1.94 bits per heavy atom. The average molecular weight is 252 g/mol. The monoisotopic (exact) mass is 251 g/mol. The summed E-state index contributed by atoms with van der Waals surface area (Å²) in [6.45, 7) is 1.25. The van der Waals surface area contributed by atoms with Gasteiger partial charge in [0.15, 0.2) is 0 Å². The van der Waals surface area contributed by atoms with Crippen molar-refractivity contribution in [3.05, 3.63) is 28.8 Å². The van der Waals surface area contributed by atoms with Gasteiger partial charge in [-0.1, -0.05) is 11.6 Å². The summed E-state index contributed by atoms with van der Waals surface area (Å²) >= 11 is 5.72. The molecule has 2 nitrogen and oxygen atoms in total. The fraction of sp³-hybridized carbons (Fsp3) is 0.300. The van der Waals surface area contributed by atoms with E-state index in [9.17, 15) is 18.0 Å². The van der Waals surface area contributed by atoms with Crippen LogP contribution in [0.15, 0.2) is 18.2 Å². The topological polar surface area (TPSA) is 20.3 Å². The summed E-state index contributed by atoms with van der Waals surface area (Å²) in [6, 6.07) is 2.85. The van der Waals surface area contributed by atoms with Crippen LogP contribution in [0, 0.1) is 0 Å². The molecule has 0 N–H and O–H groups in total. The van der Waals surface area contributed by atoms with E-state index in [0.717, 1.165) is 23.1 Å². The van der Waals surface area contributed by atoms with Crippen LogP contribution in [0.5, 0.6) is 0 Å². The second-order valence-corrected chi connectivity index (χ2v) is 3.65. The smallest absolute Gasteiger partial charge is 0.314 e. The molecule has 0 unspecified atom stereocenters. The van der Waals surface area contributed by atoms with E-state index in [1.165, 1.54) is 14.0 Å². The highest BCUT2D eigenvalue weighted by molar-refractivity contribution is 6.33. The Labute approximate surface area is 95.6 Å². The molecule has 16 heavy (non-hydrogen) atoms. The van der Waals surface area contributed by atoms with Crippen LogP contribution >= 0.6 is 11.6 Å². The van der Waals surface area contributed by atoms with E-state index in [-0.39, 0.29) is 16.6 Å². The zero-order chi connectivity index (χ0) is 12.5. The Morgan fingerprint density at radius 3 is 2.38 bits per heavy atom. The van der Waals surface area contributed by atoms with Crippen molar-refractivity contribution in [2.24, 2.45) is 0 Å². The van der Waals surface area contributed by atoms with Crippen molar-refractivity contribution in [1.82, 2.24) is 0 Å². The Morgan fingerprint density at radius 1 is 1.38 bits per heavy atom. The molecule has 1 rings (SSSR count). The van der Waals surface area contributed by atoms with Crippen molar-refractivity contribution in [3.63, 3.8) is 0 Å². The minimum absolute atomic E-state index is 0.0454. The molecule has 0 atom stereocenters. The van der Waals surface area contributed by atoms with Gasteiger partial charge in [0.1, 0.15) is 0 Å². The standard InChI is InChI=1S/C10H9ClF3NO/c1-6(16)15(2)9-5-7(10(12,13)14)3-4-8(9)11/h3-5H,1-2H3. The number of benzene rings is 1. The van der Waals surface area contributed by atoms with Crippen molar-refractivity contribution in [3.8, 4) is 0 Å². The average Bonchev–Trinajstić information content (AvgIpc) is 2.15. The summed E-state index contributed by atoms with van der Waals surface area (Å²) in [5.74, 6) is -0.388. The summed E-state index contributed by atoms with van der Waals surface area (Å²) in [5.41, 5.74) is -0.788. The second kappa shape index (κ2) is 4.33. The molecular formula is C10H9ClF3NO. The summed E-state index contributed by atoms with van der Waals surface area (Å²) in [7, 11) is 1.36.